The van der Waals surface area contributed by atoms with E-state index in [0.717, 1.165) is 12.8 Å². The van der Waals surface area contributed by atoms with E-state index in [2.05, 4.69) is 17.4 Å². The summed E-state index contributed by atoms with van der Waals surface area (Å²) in [7, 11) is 0. The molecule has 0 unspecified atom stereocenters. The van der Waals surface area contributed by atoms with Crippen LogP contribution in [0.2, 0.25) is 0 Å². The number of fused-ring (bicyclic) bond motifs is 1. The molecule has 0 atom stereocenters. The first kappa shape index (κ1) is 12.1. The Balaban J connectivity index is 1.77. The van der Waals surface area contributed by atoms with Gasteiger partial charge in [-0.2, -0.15) is 0 Å². The van der Waals surface area contributed by atoms with Gasteiger partial charge in [-0.1, -0.05) is 24.3 Å². The first-order chi connectivity index (χ1) is 8.29. The zero-order chi connectivity index (χ0) is 12.1. The first-order valence-electron chi connectivity index (χ1n) is 5.93. The van der Waals surface area contributed by atoms with Crippen LogP contribution in [0.15, 0.2) is 24.3 Å². The molecule has 0 spiro atoms. The third kappa shape index (κ3) is 3.28. The lowest BCUT2D eigenvalue weighted by Crippen LogP contribution is -2.38. The molecular weight excluding hydrogens is 216 g/mol. The van der Waals surface area contributed by atoms with Gasteiger partial charge >= 0.3 is 0 Å². The normalized spacial score (nSPS) is 14.6. The summed E-state index contributed by atoms with van der Waals surface area (Å²) in [5.41, 5.74) is 7.95. The third-order valence-corrected chi connectivity index (χ3v) is 2.91. The lowest BCUT2D eigenvalue weighted by Gasteiger charge is -2.11. The monoisotopic (exact) mass is 234 g/mol. The van der Waals surface area contributed by atoms with E-state index < -0.39 is 0 Å². The molecule has 1 aromatic carbocycles. The van der Waals surface area contributed by atoms with Gasteiger partial charge in [0.15, 0.2) is 0 Å². The van der Waals surface area contributed by atoms with Crippen LogP contribution in [0.3, 0.4) is 0 Å². The minimum absolute atomic E-state index is 0.0590. The molecule has 1 aromatic rings. The van der Waals surface area contributed by atoms with Gasteiger partial charge in [0.05, 0.1) is 6.61 Å². The van der Waals surface area contributed by atoms with Crippen molar-refractivity contribution in [3.05, 3.63) is 35.4 Å². The van der Waals surface area contributed by atoms with Crippen molar-refractivity contribution in [1.82, 2.24) is 5.32 Å². The lowest BCUT2D eigenvalue weighted by atomic mass is 10.1. The second-order valence-electron chi connectivity index (χ2n) is 4.28. The molecule has 1 aliphatic carbocycles. The van der Waals surface area contributed by atoms with E-state index >= 15 is 0 Å². The number of carbonyl (C=O) groups excluding carboxylic acids is 1. The molecule has 2 rings (SSSR count). The van der Waals surface area contributed by atoms with Gasteiger partial charge in [-0.05, 0) is 24.0 Å². The second kappa shape index (κ2) is 5.80. The van der Waals surface area contributed by atoms with Crippen LogP contribution in [-0.4, -0.2) is 31.7 Å². The summed E-state index contributed by atoms with van der Waals surface area (Å²) in [5.74, 6) is -0.0590. The van der Waals surface area contributed by atoms with Crippen LogP contribution in [0, 0.1) is 0 Å². The molecule has 4 nitrogen and oxygen atoms in total. The van der Waals surface area contributed by atoms with E-state index in [1.54, 1.807) is 0 Å². The van der Waals surface area contributed by atoms with Crippen molar-refractivity contribution in [2.24, 2.45) is 5.73 Å². The van der Waals surface area contributed by atoms with Crippen molar-refractivity contribution in [2.45, 2.75) is 18.9 Å². The van der Waals surface area contributed by atoms with E-state index in [0.29, 0.717) is 13.2 Å². The number of hydrogen-bond acceptors (Lipinski definition) is 3. The highest BCUT2D eigenvalue weighted by Gasteiger charge is 2.21. The van der Waals surface area contributed by atoms with Crippen molar-refractivity contribution >= 4 is 5.91 Å². The number of nitrogens with one attached hydrogen (secondary N) is 1. The first-order valence-corrected chi connectivity index (χ1v) is 5.93. The van der Waals surface area contributed by atoms with Crippen LogP contribution in [0.4, 0.5) is 0 Å². The Bertz CT molecular complexity index is 368. The SMILES string of the molecule is NCCOCC(=O)NC1Cc2ccccc2C1. The lowest BCUT2D eigenvalue weighted by molar-refractivity contribution is -0.126. The van der Waals surface area contributed by atoms with Gasteiger partial charge in [-0.15, -0.1) is 0 Å². The molecule has 0 saturated heterocycles. The van der Waals surface area contributed by atoms with Crippen molar-refractivity contribution in [1.29, 1.82) is 0 Å². The number of carbonyl (C=O) groups is 1. The predicted molar refractivity (Wildman–Crippen MR) is 65.7 cm³/mol. The smallest absolute Gasteiger partial charge is 0.246 e. The highest BCUT2D eigenvalue weighted by Crippen LogP contribution is 2.21. The number of ether oxygens (including phenoxy) is 1. The summed E-state index contributed by atoms with van der Waals surface area (Å²) >= 11 is 0. The van der Waals surface area contributed by atoms with Crippen LogP contribution in [0.1, 0.15) is 11.1 Å². The Hall–Kier alpha value is -1.39. The molecule has 4 heteroatoms. The maximum absolute atomic E-state index is 11.5. The number of benzene rings is 1. The molecule has 0 bridgehead atoms. The Morgan fingerprint density at radius 3 is 2.59 bits per heavy atom. The molecule has 17 heavy (non-hydrogen) atoms. The molecule has 0 aliphatic heterocycles. The number of amides is 1. The van der Waals surface area contributed by atoms with Gasteiger partial charge in [0.2, 0.25) is 5.91 Å². The standard InChI is InChI=1S/C13H18N2O2/c14-5-6-17-9-13(16)15-12-7-10-3-1-2-4-11(10)8-12/h1-4,12H,5-9,14H2,(H,15,16). The van der Waals surface area contributed by atoms with Gasteiger partial charge < -0.3 is 15.8 Å². The molecule has 0 aromatic heterocycles. The van der Waals surface area contributed by atoms with Crippen LogP contribution >= 0.6 is 0 Å². The Morgan fingerprint density at radius 2 is 2.00 bits per heavy atom. The fraction of sp³-hybridized carbons (Fsp3) is 0.462. The molecule has 0 heterocycles. The number of hydrogen-bond donors (Lipinski definition) is 2. The highest BCUT2D eigenvalue weighted by molar-refractivity contribution is 5.77. The van der Waals surface area contributed by atoms with Crippen molar-refractivity contribution in [3.8, 4) is 0 Å². The van der Waals surface area contributed by atoms with Crippen LogP contribution in [-0.2, 0) is 22.4 Å². The second-order valence-corrected chi connectivity index (χ2v) is 4.28. The van der Waals surface area contributed by atoms with E-state index in [9.17, 15) is 4.79 Å². The summed E-state index contributed by atoms with van der Waals surface area (Å²) in [6.07, 6.45) is 1.83. The molecule has 92 valence electrons. The largest absolute Gasteiger partial charge is 0.370 e. The van der Waals surface area contributed by atoms with Crippen LogP contribution in [0.25, 0.3) is 0 Å². The summed E-state index contributed by atoms with van der Waals surface area (Å²) in [5, 5.41) is 2.98. The predicted octanol–water partition coefficient (Wildman–Crippen LogP) is 0.245. The topological polar surface area (TPSA) is 64.3 Å². The fourth-order valence-corrected chi connectivity index (χ4v) is 2.18. The summed E-state index contributed by atoms with van der Waals surface area (Å²) in [6, 6.07) is 8.51. The average molecular weight is 234 g/mol. The minimum atomic E-state index is -0.0590. The van der Waals surface area contributed by atoms with Gasteiger partial charge in [0.25, 0.3) is 0 Å². The summed E-state index contributed by atoms with van der Waals surface area (Å²) in [4.78, 5) is 11.5. The van der Waals surface area contributed by atoms with Gasteiger partial charge in [-0.3, -0.25) is 4.79 Å². The summed E-state index contributed by atoms with van der Waals surface area (Å²) < 4.78 is 5.09. The minimum Gasteiger partial charge on any atom is -0.370 e. The maximum atomic E-state index is 11.5. The van der Waals surface area contributed by atoms with E-state index in [4.69, 9.17) is 10.5 Å². The molecule has 0 saturated carbocycles. The average Bonchev–Trinajstić information content (AvgIpc) is 2.71. The zero-order valence-corrected chi connectivity index (χ0v) is 9.82. The summed E-state index contributed by atoms with van der Waals surface area (Å²) in [6.45, 7) is 0.977. The molecule has 3 N–H and O–H groups in total. The van der Waals surface area contributed by atoms with E-state index in [1.165, 1.54) is 11.1 Å². The van der Waals surface area contributed by atoms with Crippen molar-refractivity contribution in [3.63, 3.8) is 0 Å². The van der Waals surface area contributed by atoms with Gasteiger partial charge in [-0.25, -0.2) is 0 Å². The van der Waals surface area contributed by atoms with Crippen molar-refractivity contribution in [2.75, 3.05) is 19.8 Å². The fourth-order valence-electron chi connectivity index (χ4n) is 2.18. The van der Waals surface area contributed by atoms with Crippen molar-refractivity contribution < 1.29 is 9.53 Å². The zero-order valence-electron chi connectivity index (χ0n) is 9.82. The van der Waals surface area contributed by atoms with Crippen LogP contribution in [0.5, 0.6) is 0 Å². The molecular formula is C13H18N2O2. The molecule has 1 aliphatic rings. The third-order valence-electron chi connectivity index (χ3n) is 2.91. The maximum Gasteiger partial charge on any atom is 0.246 e. The number of rotatable bonds is 5. The quantitative estimate of drug-likeness (QED) is 0.718. The number of nitrogens with two attached hydrogens (primary N) is 1. The van der Waals surface area contributed by atoms with Gasteiger partial charge in [0.1, 0.15) is 6.61 Å². The molecule has 0 fully saturated rings. The Kier molecular flexibility index (Phi) is 4.12. The van der Waals surface area contributed by atoms with Gasteiger partial charge in [0, 0.05) is 12.6 Å². The highest BCUT2D eigenvalue weighted by atomic mass is 16.5. The van der Waals surface area contributed by atoms with E-state index in [-0.39, 0.29) is 18.6 Å². The van der Waals surface area contributed by atoms with E-state index in [1.807, 2.05) is 12.1 Å². The Labute approximate surface area is 101 Å². The molecule has 0 radical (unpaired) electrons. The Morgan fingerprint density at radius 1 is 1.35 bits per heavy atom. The molecule has 1 amide bonds. The van der Waals surface area contributed by atoms with Crippen LogP contribution < -0.4 is 11.1 Å².